The maximum atomic E-state index is 14.7. The van der Waals surface area contributed by atoms with Gasteiger partial charge in [-0.15, -0.1) is 0 Å². The number of carbonyl (C=O) groups is 2. The summed E-state index contributed by atoms with van der Waals surface area (Å²) < 4.78 is 50.9. The molecule has 0 saturated carbocycles. The topological polar surface area (TPSA) is 135 Å². The van der Waals surface area contributed by atoms with Crippen LogP contribution in [0.2, 0.25) is 0 Å². The minimum Gasteiger partial charge on any atom is -0.496 e. The predicted octanol–water partition coefficient (Wildman–Crippen LogP) is 4.19. The zero-order valence-electron chi connectivity index (χ0n) is 23.8. The van der Waals surface area contributed by atoms with Crippen LogP contribution in [-0.2, 0) is 25.1 Å². The van der Waals surface area contributed by atoms with E-state index in [4.69, 9.17) is 4.74 Å². The molecule has 224 valence electrons. The number of methoxy groups -OCH3 is 1. The molecule has 0 bridgehead atoms. The van der Waals surface area contributed by atoms with E-state index in [-0.39, 0.29) is 40.8 Å². The first-order valence-electron chi connectivity index (χ1n) is 13.4. The Morgan fingerprint density at radius 2 is 1.90 bits per heavy atom. The van der Waals surface area contributed by atoms with E-state index < -0.39 is 33.3 Å². The third-order valence-electron chi connectivity index (χ3n) is 6.71. The number of hydrogen-bond acceptors (Lipinski definition) is 8. The van der Waals surface area contributed by atoms with Gasteiger partial charge < -0.3 is 20.7 Å². The number of ether oxygens (including phenoxy) is 1. The van der Waals surface area contributed by atoms with Crippen LogP contribution in [0.5, 0.6) is 5.75 Å². The van der Waals surface area contributed by atoms with Gasteiger partial charge in [0.1, 0.15) is 35.1 Å². The van der Waals surface area contributed by atoms with Gasteiger partial charge in [0.05, 0.1) is 34.8 Å². The second-order valence-corrected chi connectivity index (χ2v) is 12.9. The summed E-state index contributed by atoms with van der Waals surface area (Å²) in [7, 11) is -1.66. The zero-order chi connectivity index (χ0) is 30.4. The lowest BCUT2D eigenvalue weighted by atomic mass is 10.0. The molecule has 10 nitrogen and oxygen atoms in total. The number of pyridine rings is 2. The molecule has 1 aliphatic heterocycles. The Bertz CT molecular complexity index is 1590. The van der Waals surface area contributed by atoms with Gasteiger partial charge in [-0.25, -0.2) is 23.0 Å². The molecule has 3 atom stereocenters. The molecule has 3 heterocycles. The molecule has 42 heavy (non-hydrogen) atoms. The number of rotatable bonds is 10. The van der Waals surface area contributed by atoms with Gasteiger partial charge in [0, 0.05) is 29.6 Å². The lowest BCUT2D eigenvalue weighted by Gasteiger charge is -2.21. The van der Waals surface area contributed by atoms with Crippen LogP contribution in [0.3, 0.4) is 0 Å². The van der Waals surface area contributed by atoms with E-state index in [1.165, 1.54) is 37.8 Å². The van der Waals surface area contributed by atoms with Gasteiger partial charge in [-0.3, -0.25) is 9.59 Å². The fourth-order valence-corrected chi connectivity index (χ4v) is 5.99. The van der Waals surface area contributed by atoms with Crippen LogP contribution in [0.25, 0.3) is 11.1 Å². The maximum Gasteiger partial charge on any atom is 0.276 e. The zero-order valence-corrected chi connectivity index (χ0v) is 24.6. The van der Waals surface area contributed by atoms with Gasteiger partial charge in [0.2, 0.25) is 5.91 Å². The van der Waals surface area contributed by atoms with E-state index in [2.05, 4.69) is 30.3 Å². The highest BCUT2D eigenvalue weighted by atomic mass is 32.2. The molecule has 1 fully saturated rings. The highest BCUT2D eigenvalue weighted by molar-refractivity contribution is 7.92. The minimum absolute atomic E-state index is 0.0479. The smallest absolute Gasteiger partial charge is 0.276 e. The number of halogens is 2. The van der Waals surface area contributed by atoms with E-state index >= 15 is 0 Å². The number of nitrogens with one attached hydrogen (secondary N) is 3. The Labute approximate surface area is 243 Å². The molecule has 1 aliphatic rings. The fraction of sp³-hybridized carbons (Fsp3) is 0.379. The molecule has 2 aromatic heterocycles. The fourth-order valence-electron chi connectivity index (χ4n) is 4.63. The van der Waals surface area contributed by atoms with Gasteiger partial charge in [-0.05, 0) is 61.2 Å². The summed E-state index contributed by atoms with van der Waals surface area (Å²) in [6.07, 6.45) is 5.49. The van der Waals surface area contributed by atoms with E-state index in [1.807, 2.05) is 0 Å². The summed E-state index contributed by atoms with van der Waals surface area (Å²) >= 11 is 0. The third-order valence-corrected chi connectivity index (χ3v) is 8.15. The van der Waals surface area contributed by atoms with Crippen molar-refractivity contribution in [2.45, 2.75) is 44.5 Å². The molecule has 3 N–H and O–H groups in total. The summed E-state index contributed by atoms with van der Waals surface area (Å²) in [4.78, 5) is 33.9. The molecule has 13 heteroatoms. The van der Waals surface area contributed by atoms with Gasteiger partial charge in [0.25, 0.3) is 5.91 Å². The second kappa shape index (κ2) is 13.3. The van der Waals surface area contributed by atoms with Crippen LogP contribution in [0.1, 0.15) is 32.3 Å². The Hall–Kier alpha value is -3.97. The third kappa shape index (κ3) is 7.85. The number of aromatic nitrogens is 2. The van der Waals surface area contributed by atoms with Crippen molar-refractivity contribution in [1.82, 2.24) is 20.6 Å². The number of hydrogen-bond donors (Lipinski definition) is 3. The lowest BCUT2D eigenvalue weighted by molar-refractivity contribution is -0.129. The van der Waals surface area contributed by atoms with Crippen molar-refractivity contribution >= 4 is 33.2 Å². The molecule has 0 spiro atoms. The number of anilines is 2. The lowest BCUT2D eigenvalue weighted by Crippen LogP contribution is -2.50. The van der Waals surface area contributed by atoms with Crippen molar-refractivity contribution < 1.29 is 27.3 Å². The van der Waals surface area contributed by atoms with Crippen LogP contribution in [0.4, 0.5) is 20.4 Å². The average molecular weight is 601 g/mol. The highest BCUT2D eigenvalue weighted by Gasteiger charge is 2.29. The standard InChI is InChI=1S/C29H34F2N6O4S/c1-17(2)27(36-28(38)23-6-5-10-32-23)29(39)37-42(4,40)16-18-9-11-33-25(12-18)35-26-14-21(22(31)15-34-26)20-8-7-19(30)13-24(20)41-3/h7-9,11-15,17,23,27,32H,5-6,10,16H2,1-4H3,(H,36,38)(H,33,34,35)/t23-,27-,42-/m0/s1. The number of benzene rings is 1. The molecule has 1 saturated heterocycles. The SMILES string of the molecule is COc1cc(F)ccc1-c1cc(Nc2cc(C[S@](C)(=O)=NC(=O)[C@@H](NC(=O)[C@@H]3CCCN3)C(C)C)ccn2)ncc1F. The predicted molar refractivity (Wildman–Crippen MR) is 157 cm³/mol. The maximum absolute atomic E-state index is 14.7. The largest absolute Gasteiger partial charge is 0.496 e. The molecular formula is C29H34F2N6O4S. The normalized spacial score (nSPS) is 16.9. The van der Waals surface area contributed by atoms with Crippen molar-refractivity contribution in [1.29, 1.82) is 0 Å². The highest BCUT2D eigenvalue weighted by Crippen LogP contribution is 2.33. The Kier molecular flexibility index (Phi) is 9.84. The van der Waals surface area contributed by atoms with Gasteiger partial charge in [-0.2, -0.15) is 4.36 Å². The van der Waals surface area contributed by atoms with Crippen LogP contribution < -0.4 is 20.7 Å². The number of amides is 2. The first-order valence-corrected chi connectivity index (χ1v) is 15.5. The van der Waals surface area contributed by atoms with Crippen molar-refractivity contribution in [3.63, 3.8) is 0 Å². The first-order chi connectivity index (χ1) is 20.0. The van der Waals surface area contributed by atoms with Crippen LogP contribution in [0.15, 0.2) is 53.2 Å². The first kappa shape index (κ1) is 31.0. The van der Waals surface area contributed by atoms with Crippen molar-refractivity contribution in [2.24, 2.45) is 10.3 Å². The summed E-state index contributed by atoms with van der Waals surface area (Å²) in [6, 6.07) is 7.25. The summed E-state index contributed by atoms with van der Waals surface area (Å²) in [5, 5.41) is 8.85. The molecule has 2 amide bonds. The van der Waals surface area contributed by atoms with Crippen molar-refractivity contribution in [3.05, 3.63) is 66.0 Å². The molecule has 1 aromatic carbocycles. The monoisotopic (exact) mass is 600 g/mol. The summed E-state index contributed by atoms with van der Waals surface area (Å²) in [5.74, 6) is -1.59. The van der Waals surface area contributed by atoms with Gasteiger partial charge in [-0.1, -0.05) is 13.8 Å². The molecule has 4 rings (SSSR count). The van der Waals surface area contributed by atoms with E-state index in [0.29, 0.717) is 23.4 Å². The van der Waals surface area contributed by atoms with Crippen molar-refractivity contribution in [3.8, 4) is 16.9 Å². The van der Waals surface area contributed by atoms with Crippen LogP contribution >= 0.6 is 0 Å². The Balaban J connectivity index is 1.50. The molecule has 3 aromatic rings. The molecular weight excluding hydrogens is 566 g/mol. The minimum atomic E-state index is -3.02. The van der Waals surface area contributed by atoms with Crippen molar-refractivity contribution in [2.75, 3.05) is 25.2 Å². The van der Waals surface area contributed by atoms with E-state index in [0.717, 1.165) is 25.2 Å². The summed E-state index contributed by atoms with van der Waals surface area (Å²) in [5.41, 5.74) is 1.07. The number of carbonyl (C=O) groups excluding carboxylic acids is 2. The van der Waals surface area contributed by atoms with Gasteiger partial charge in [0.15, 0.2) is 0 Å². The second-order valence-electron chi connectivity index (χ2n) is 10.5. The molecule has 0 aliphatic carbocycles. The number of nitrogens with zero attached hydrogens (tertiary/aromatic N) is 3. The van der Waals surface area contributed by atoms with E-state index in [9.17, 15) is 22.6 Å². The average Bonchev–Trinajstić information content (AvgIpc) is 3.47. The van der Waals surface area contributed by atoms with E-state index in [1.54, 1.807) is 26.0 Å². The van der Waals surface area contributed by atoms with Crippen LogP contribution in [-0.4, -0.2) is 58.0 Å². The Morgan fingerprint density at radius 1 is 1.14 bits per heavy atom. The Morgan fingerprint density at radius 3 is 2.60 bits per heavy atom. The van der Waals surface area contributed by atoms with Crippen LogP contribution in [0, 0.1) is 17.6 Å². The molecule has 0 unspecified atom stereocenters. The molecule has 0 radical (unpaired) electrons. The quantitative estimate of drug-likeness (QED) is 0.315. The van der Waals surface area contributed by atoms with Gasteiger partial charge >= 0.3 is 0 Å². The summed E-state index contributed by atoms with van der Waals surface area (Å²) in [6.45, 7) is 4.33.